The molecule has 3 aromatic rings. The first kappa shape index (κ1) is 17.7. The zero-order chi connectivity index (χ0) is 18.9. The van der Waals surface area contributed by atoms with Crippen LogP contribution >= 0.6 is 0 Å². The van der Waals surface area contributed by atoms with Crippen LogP contribution in [0.15, 0.2) is 36.4 Å². The van der Waals surface area contributed by atoms with Crippen molar-refractivity contribution >= 4 is 11.5 Å². The molecule has 2 atom stereocenters. The summed E-state index contributed by atoms with van der Waals surface area (Å²) in [4.78, 5) is 0. The molecule has 2 heterocycles. The van der Waals surface area contributed by atoms with Crippen LogP contribution in [-0.4, -0.2) is 31.3 Å². The quantitative estimate of drug-likeness (QED) is 0.698. The molecule has 0 amide bonds. The molecular formula is C18H19F3N6. The molecule has 1 fully saturated rings. The third-order valence-electron chi connectivity index (χ3n) is 5.08. The maximum Gasteiger partial charge on any atom is 0.416 e. The first-order valence-corrected chi connectivity index (χ1v) is 9.00. The van der Waals surface area contributed by atoms with Gasteiger partial charge in [0.05, 0.1) is 5.56 Å². The van der Waals surface area contributed by atoms with Gasteiger partial charge in [0.1, 0.15) is 5.82 Å². The number of benzene rings is 1. The molecule has 1 N–H and O–H groups in total. The van der Waals surface area contributed by atoms with Gasteiger partial charge in [-0.25, -0.2) is 0 Å². The van der Waals surface area contributed by atoms with Gasteiger partial charge in [0.15, 0.2) is 5.65 Å². The summed E-state index contributed by atoms with van der Waals surface area (Å²) in [6.45, 7) is 0. The van der Waals surface area contributed by atoms with Crippen molar-refractivity contribution in [1.29, 1.82) is 0 Å². The molecule has 0 unspecified atom stereocenters. The Balaban J connectivity index is 1.67. The lowest BCUT2D eigenvalue weighted by Gasteiger charge is -2.29. The van der Waals surface area contributed by atoms with Gasteiger partial charge in [-0.1, -0.05) is 37.5 Å². The summed E-state index contributed by atoms with van der Waals surface area (Å²) in [5.74, 6) is 0.313. The molecule has 0 spiro atoms. The van der Waals surface area contributed by atoms with Gasteiger partial charge in [0.25, 0.3) is 0 Å². The number of hydrogen-bond acceptors (Lipinski definition) is 5. The molecule has 6 nitrogen and oxygen atoms in total. The number of hydrogen-bond donors (Lipinski definition) is 1. The smallest absolute Gasteiger partial charge is 0.365 e. The van der Waals surface area contributed by atoms with E-state index in [0.29, 0.717) is 23.4 Å². The van der Waals surface area contributed by atoms with Gasteiger partial charge in [-0.3, -0.25) is 0 Å². The average molecular weight is 376 g/mol. The Labute approximate surface area is 153 Å². The normalized spacial score (nSPS) is 21.1. The van der Waals surface area contributed by atoms with Crippen molar-refractivity contribution in [2.75, 3.05) is 5.32 Å². The second-order valence-corrected chi connectivity index (χ2v) is 6.83. The molecule has 27 heavy (non-hydrogen) atoms. The van der Waals surface area contributed by atoms with Crippen LogP contribution in [-0.2, 0) is 6.18 Å². The van der Waals surface area contributed by atoms with Gasteiger partial charge in [-0.15, -0.1) is 14.8 Å². The molecule has 2 aromatic heterocycles. The fourth-order valence-corrected chi connectivity index (χ4v) is 3.85. The molecule has 1 aromatic carbocycles. The minimum Gasteiger partial charge on any atom is -0.365 e. The lowest BCUT2D eigenvalue weighted by molar-refractivity contribution is -0.138. The zero-order valence-corrected chi connectivity index (χ0v) is 14.5. The second kappa shape index (κ2) is 7.13. The maximum absolute atomic E-state index is 13.5. The maximum atomic E-state index is 13.5. The Kier molecular flexibility index (Phi) is 4.67. The molecule has 0 aliphatic heterocycles. The van der Waals surface area contributed by atoms with E-state index in [9.17, 15) is 13.2 Å². The van der Waals surface area contributed by atoms with E-state index in [4.69, 9.17) is 0 Å². The Bertz CT molecular complexity index is 923. The summed E-state index contributed by atoms with van der Waals surface area (Å²) in [6, 6.07) is 9.23. The number of tetrazole rings is 1. The monoisotopic (exact) mass is 376 g/mol. The molecule has 0 bridgehead atoms. The largest absolute Gasteiger partial charge is 0.416 e. The predicted molar refractivity (Wildman–Crippen MR) is 93.3 cm³/mol. The van der Waals surface area contributed by atoms with Crippen LogP contribution in [0, 0.1) is 0 Å². The van der Waals surface area contributed by atoms with Crippen LogP contribution in [0.4, 0.5) is 19.0 Å². The fourth-order valence-electron chi connectivity index (χ4n) is 3.85. The molecular weight excluding hydrogens is 357 g/mol. The lowest BCUT2D eigenvalue weighted by Crippen LogP contribution is -2.29. The van der Waals surface area contributed by atoms with Gasteiger partial charge < -0.3 is 5.32 Å². The van der Waals surface area contributed by atoms with E-state index in [0.717, 1.165) is 25.7 Å². The van der Waals surface area contributed by atoms with Crippen molar-refractivity contribution in [3.05, 3.63) is 47.5 Å². The Morgan fingerprint density at radius 3 is 2.67 bits per heavy atom. The first-order valence-electron chi connectivity index (χ1n) is 9.00. The summed E-state index contributed by atoms with van der Waals surface area (Å²) in [6.07, 6.45) is 0.0212. The number of aromatic nitrogens is 5. The minimum atomic E-state index is -4.36. The van der Waals surface area contributed by atoms with Gasteiger partial charge in [0.2, 0.25) is 0 Å². The van der Waals surface area contributed by atoms with Crippen LogP contribution in [0.1, 0.15) is 49.1 Å². The molecule has 0 radical (unpaired) electrons. The number of alkyl halides is 3. The van der Waals surface area contributed by atoms with E-state index >= 15 is 0 Å². The number of anilines is 1. The third-order valence-corrected chi connectivity index (χ3v) is 5.08. The number of fused-ring (bicyclic) bond motifs is 1. The van der Waals surface area contributed by atoms with Gasteiger partial charge in [-0.05, 0) is 47.0 Å². The van der Waals surface area contributed by atoms with E-state index in [-0.39, 0.29) is 12.0 Å². The van der Waals surface area contributed by atoms with Crippen LogP contribution in [0.25, 0.3) is 5.65 Å². The fraction of sp³-hybridized carbons (Fsp3) is 0.444. The highest BCUT2D eigenvalue weighted by molar-refractivity contribution is 5.44. The van der Waals surface area contributed by atoms with Crippen LogP contribution in [0.2, 0.25) is 0 Å². The van der Waals surface area contributed by atoms with Crippen molar-refractivity contribution < 1.29 is 13.2 Å². The number of halogens is 3. The van der Waals surface area contributed by atoms with E-state index in [1.165, 1.54) is 16.8 Å². The summed E-state index contributed by atoms with van der Waals surface area (Å²) in [7, 11) is 0. The highest BCUT2D eigenvalue weighted by atomic mass is 19.4. The SMILES string of the molecule is FC(F)(F)c1ccccc1[C@H]1CCCCC[C@H]1Nc1ccc2nnnn2n1. The first-order chi connectivity index (χ1) is 13.0. The Hall–Kier alpha value is -2.71. The van der Waals surface area contributed by atoms with Crippen molar-refractivity contribution in [1.82, 2.24) is 25.3 Å². The van der Waals surface area contributed by atoms with Crippen molar-refractivity contribution in [2.24, 2.45) is 0 Å². The van der Waals surface area contributed by atoms with E-state index in [2.05, 4.69) is 25.9 Å². The molecule has 142 valence electrons. The minimum absolute atomic E-state index is 0.141. The molecule has 9 heteroatoms. The van der Waals surface area contributed by atoms with E-state index in [1.807, 2.05) is 0 Å². The topological polar surface area (TPSA) is 68.0 Å². The summed E-state index contributed by atoms with van der Waals surface area (Å²) < 4.78 is 41.9. The molecule has 1 aliphatic carbocycles. The van der Waals surface area contributed by atoms with Crippen molar-refractivity contribution in [2.45, 2.75) is 50.2 Å². The third kappa shape index (κ3) is 3.72. The number of nitrogens with one attached hydrogen (secondary N) is 1. The summed E-state index contributed by atoms with van der Waals surface area (Å²) in [5.41, 5.74) is 0.320. The second-order valence-electron chi connectivity index (χ2n) is 6.83. The van der Waals surface area contributed by atoms with Gasteiger partial charge in [0, 0.05) is 12.0 Å². The molecule has 0 saturated heterocycles. The Morgan fingerprint density at radius 1 is 1.00 bits per heavy atom. The standard InChI is InChI=1S/C18H19F3N6/c19-18(20,21)14-8-5-4-6-12(14)13-7-2-1-3-9-15(13)22-16-10-11-17-23-25-26-27(17)24-16/h4-6,8,10-11,13,15H,1-3,7,9H2,(H,22,24)/t13-,15-/m1/s1. The number of rotatable bonds is 3. The number of nitrogens with zero attached hydrogens (tertiary/aromatic N) is 5. The van der Waals surface area contributed by atoms with Crippen molar-refractivity contribution in [3.8, 4) is 0 Å². The molecule has 1 aliphatic rings. The average Bonchev–Trinajstić information content (AvgIpc) is 2.99. The van der Waals surface area contributed by atoms with Crippen molar-refractivity contribution in [3.63, 3.8) is 0 Å². The summed E-state index contributed by atoms with van der Waals surface area (Å²) >= 11 is 0. The van der Waals surface area contributed by atoms with Gasteiger partial charge >= 0.3 is 6.18 Å². The zero-order valence-electron chi connectivity index (χ0n) is 14.5. The van der Waals surface area contributed by atoms with Crippen LogP contribution in [0.3, 0.4) is 0 Å². The lowest BCUT2D eigenvalue weighted by atomic mass is 9.84. The summed E-state index contributed by atoms with van der Waals surface area (Å²) in [5, 5.41) is 18.8. The molecule has 4 rings (SSSR count). The van der Waals surface area contributed by atoms with Gasteiger partial charge in [-0.2, -0.15) is 13.2 Å². The predicted octanol–water partition coefficient (Wildman–Crippen LogP) is 4.07. The highest BCUT2D eigenvalue weighted by Gasteiger charge is 2.37. The Morgan fingerprint density at radius 2 is 1.81 bits per heavy atom. The van der Waals surface area contributed by atoms with Crippen LogP contribution < -0.4 is 5.32 Å². The molecule has 1 saturated carbocycles. The highest BCUT2D eigenvalue weighted by Crippen LogP contribution is 2.40. The van der Waals surface area contributed by atoms with E-state index in [1.54, 1.807) is 24.3 Å². The van der Waals surface area contributed by atoms with Crippen LogP contribution in [0.5, 0.6) is 0 Å². The van der Waals surface area contributed by atoms with E-state index < -0.39 is 11.7 Å².